The summed E-state index contributed by atoms with van der Waals surface area (Å²) in [5, 5.41) is 0. The zero-order valence-corrected chi connectivity index (χ0v) is 13.3. The van der Waals surface area contributed by atoms with E-state index >= 15 is 0 Å². The van der Waals surface area contributed by atoms with Gasteiger partial charge in [-0.1, -0.05) is 42.5 Å². The van der Waals surface area contributed by atoms with Crippen LogP contribution in [0.1, 0.15) is 17.2 Å². The average molecular weight is 335 g/mol. The third kappa shape index (κ3) is 5.39. The highest BCUT2D eigenvalue weighted by Crippen LogP contribution is 2.22. The molecule has 0 aliphatic carbocycles. The molecule has 1 unspecified atom stereocenters. The van der Waals surface area contributed by atoms with Gasteiger partial charge in [-0.25, -0.2) is 0 Å². The Labute approximate surface area is 135 Å². The summed E-state index contributed by atoms with van der Waals surface area (Å²) in [6.45, 7) is 0.232. The number of carbonyl (C=O) groups is 1. The molecule has 23 heavy (non-hydrogen) atoms. The highest BCUT2D eigenvalue weighted by Gasteiger charge is 2.19. The van der Waals surface area contributed by atoms with Gasteiger partial charge in [0, 0.05) is 0 Å². The monoisotopic (exact) mass is 335 g/mol. The van der Waals surface area contributed by atoms with Crippen molar-refractivity contribution in [2.24, 2.45) is 5.73 Å². The van der Waals surface area contributed by atoms with Gasteiger partial charge in [-0.05, 0) is 23.3 Å². The van der Waals surface area contributed by atoms with Gasteiger partial charge >= 0.3 is 10.1 Å². The van der Waals surface area contributed by atoms with E-state index < -0.39 is 22.1 Å². The van der Waals surface area contributed by atoms with Crippen molar-refractivity contribution in [2.45, 2.75) is 12.7 Å². The quantitative estimate of drug-likeness (QED) is 0.778. The molecule has 0 spiro atoms. The molecular weight excluding hydrogens is 318 g/mol. The van der Waals surface area contributed by atoms with Crippen LogP contribution >= 0.6 is 0 Å². The Morgan fingerprint density at radius 1 is 1.09 bits per heavy atom. The molecule has 0 bridgehead atoms. The molecule has 1 atom stereocenters. The van der Waals surface area contributed by atoms with E-state index in [1.807, 2.05) is 30.3 Å². The topological polar surface area (TPSA) is 95.7 Å². The molecule has 2 rings (SSSR count). The summed E-state index contributed by atoms with van der Waals surface area (Å²) in [6, 6.07) is 15.3. The fourth-order valence-corrected chi connectivity index (χ4v) is 2.43. The van der Waals surface area contributed by atoms with Crippen LogP contribution in [0.3, 0.4) is 0 Å². The van der Waals surface area contributed by atoms with Crippen LogP contribution in [0.15, 0.2) is 54.6 Å². The Morgan fingerprint density at radius 2 is 1.70 bits per heavy atom. The number of hydrogen-bond donors (Lipinski definition) is 1. The summed E-state index contributed by atoms with van der Waals surface area (Å²) in [6.07, 6.45) is 0.0262. The average Bonchev–Trinajstić information content (AvgIpc) is 2.48. The molecule has 0 heterocycles. The van der Waals surface area contributed by atoms with E-state index in [9.17, 15) is 13.2 Å². The highest BCUT2D eigenvalue weighted by molar-refractivity contribution is 7.86. The number of primary amides is 1. The van der Waals surface area contributed by atoms with Crippen LogP contribution in [0.5, 0.6) is 5.75 Å². The van der Waals surface area contributed by atoms with Crippen molar-refractivity contribution in [1.29, 1.82) is 0 Å². The molecule has 2 aromatic rings. The van der Waals surface area contributed by atoms with E-state index in [1.54, 1.807) is 12.1 Å². The van der Waals surface area contributed by atoms with Gasteiger partial charge in [0.1, 0.15) is 5.75 Å². The molecule has 7 heteroatoms. The lowest BCUT2D eigenvalue weighted by atomic mass is 10.1. The molecule has 0 aliphatic heterocycles. The molecule has 1 amide bonds. The van der Waals surface area contributed by atoms with Crippen molar-refractivity contribution in [3.05, 3.63) is 65.7 Å². The fraction of sp³-hybridized carbons (Fsp3) is 0.188. The van der Waals surface area contributed by atoms with E-state index in [4.69, 9.17) is 14.7 Å². The zero-order valence-electron chi connectivity index (χ0n) is 12.5. The summed E-state index contributed by atoms with van der Waals surface area (Å²) in [5.74, 6) is -0.472. The first-order valence-corrected chi connectivity index (χ1v) is 8.61. The highest BCUT2D eigenvalue weighted by atomic mass is 32.2. The van der Waals surface area contributed by atoms with Crippen LogP contribution in [0.4, 0.5) is 0 Å². The van der Waals surface area contributed by atoms with Gasteiger partial charge < -0.3 is 14.7 Å². The number of hydrogen-bond acceptors (Lipinski definition) is 5. The van der Waals surface area contributed by atoms with Crippen molar-refractivity contribution in [3.8, 4) is 5.75 Å². The third-order valence-electron chi connectivity index (χ3n) is 2.95. The smallest absolute Gasteiger partial charge is 0.306 e. The zero-order chi connectivity index (χ0) is 16.9. The summed E-state index contributed by atoms with van der Waals surface area (Å²) in [5.41, 5.74) is 6.82. The molecule has 2 N–H and O–H groups in total. The molecule has 0 aliphatic rings. The first-order valence-electron chi connectivity index (χ1n) is 6.79. The lowest BCUT2D eigenvalue weighted by Gasteiger charge is -2.15. The maximum Gasteiger partial charge on any atom is 0.306 e. The van der Waals surface area contributed by atoms with Crippen molar-refractivity contribution < 1.29 is 22.1 Å². The molecule has 0 fully saturated rings. The number of ether oxygens (including phenoxy) is 1. The number of rotatable bonds is 7. The van der Waals surface area contributed by atoms with Gasteiger partial charge in [0.25, 0.3) is 5.91 Å². The summed E-state index contributed by atoms with van der Waals surface area (Å²) >= 11 is 0. The van der Waals surface area contributed by atoms with Gasteiger partial charge in [0.05, 0.1) is 12.9 Å². The number of benzene rings is 2. The number of amides is 1. The predicted octanol–water partition coefficient (Wildman–Crippen LogP) is 1.77. The Bertz CT molecular complexity index is 757. The molecule has 0 saturated carbocycles. The van der Waals surface area contributed by atoms with E-state index in [-0.39, 0.29) is 12.4 Å². The number of carbonyl (C=O) groups excluding carboxylic acids is 1. The Kier molecular flexibility index (Phi) is 5.36. The largest absolute Gasteiger partial charge is 0.383 e. The Balaban J connectivity index is 2.10. The van der Waals surface area contributed by atoms with Gasteiger partial charge in [-0.2, -0.15) is 8.42 Å². The van der Waals surface area contributed by atoms with Gasteiger partial charge in [-0.15, -0.1) is 0 Å². The van der Waals surface area contributed by atoms with Crippen LogP contribution in [0, 0.1) is 0 Å². The van der Waals surface area contributed by atoms with Crippen LogP contribution in [-0.2, 0) is 26.3 Å². The molecule has 0 saturated heterocycles. The molecule has 6 nitrogen and oxygen atoms in total. The fourth-order valence-electron chi connectivity index (χ4n) is 1.97. The summed E-state index contributed by atoms with van der Waals surface area (Å²) in [4.78, 5) is 11.6. The molecule has 2 aromatic carbocycles. The normalized spacial score (nSPS) is 12.6. The molecule has 0 aromatic heterocycles. The molecule has 122 valence electrons. The summed E-state index contributed by atoms with van der Waals surface area (Å²) < 4.78 is 32.5. The predicted molar refractivity (Wildman–Crippen MR) is 85.1 cm³/mol. The lowest BCUT2D eigenvalue weighted by molar-refractivity contribution is -0.130. The second-order valence-electron chi connectivity index (χ2n) is 4.94. The van der Waals surface area contributed by atoms with Gasteiger partial charge in [0.15, 0.2) is 6.10 Å². The summed E-state index contributed by atoms with van der Waals surface area (Å²) in [7, 11) is -3.60. The van der Waals surface area contributed by atoms with E-state index in [1.165, 1.54) is 12.1 Å². The standard InChI is InChI=1S/C16H17NO5S/c1-23(19,20)22-14-9-7-13(8-10-14)15(16(17)18)21-11-12-5-3-2-4-6-12/h2-10,15H,11H2,1H3,(H2,17,18). The van der Waals surface area contributed by atoms with E-state index in [0.29, 0.717) is 5.56 Å². The maximum atomic E-state index is 11.6. The first-order chi connectivity index (χ1) is 10.8. The SMILES string of the molecule is CS(=O)(=O)Oc1ccc(C(OCc2ccccc2)C(N)=O)cc1. The van der Waals surface area contributed by atoms with Gasteiger partial charge in [0.2, 0.25) is 0 Å². The van der Waals surface area contributed by atoms with Crippen LogP contribution in [0.2, 0.25) is 0 Å². The van der Waals surface area contributed by atoms with Crippen molar-refractivity contribution in [2.75, 3.05) is 6.26 Å². The molecule has 0 radical (unpaired) electrons. The third-order valence-corrected chi connectivity index (χ3v) is 3.44. The minimum Gasteiger partial charge on any atom is -0.383 e. The minimum atomic E-state index is -3.60. The Hall–Kier alpha value is -2.38. The van der Waals surface area contributed by atoms with Crippen LogP contribution in [0.25, 0.3) is 0 Å². The Morgan fingerprint density at radius 3 is 2.22 bits per heavy atom. The second kappa shape index (κ2) is 7.26. The second-order valence-corrected chi connectivity index (χ2v) is 6.51. The van der Waals surface area contributed by atoms with E-state index in [2.05, 4.69) is 0 Å². The van der Waals surface area contributed by atoms with Crippen LogP contribution < -0.4 is 9.92 Å². The lowest BCUT2D eigenvalue weighted by Crippen LogP contribution is -2.23. The van der Waals surface area contributed by atoms with E-state index in [0.717, 1.165) is 11.8 Å². The van der Waals surface area contributed by atoms with Crippen LogP contribution in [-0.4, -0.2) is 20.6 Å². The molecular formula is C16H17NO5S. The van der Waals surface area contributed by atoms with Crippen molar-refractivity contribution in [1.82, 2.24) is 0 Å². The van der Waals surface area contributed by atoms with Crippen molar-refractivity contribution in [3.63, 3.8) is 0 Å². The number of nitrogens with two attached hydrogens (primary N) is 1. The first kappa shape index (κ1) is 17.0. The maximum absolute atomic E-state index is 11.6. The minimum absolute atomic E-state index is 0.155. The van der Waals surface area contributed by atoms with Crippen molar-refractivity contribution >= 4 is 16.0 Å². The van der Waals surface area contributed by atoms with Gasteiger partial charge in [-0.3, -0.25) is 4.79 Å².